The Labute approximate surface area is 349 Å². The van der Waals surface area contributed by atoms with Gasteiger partial charge in [0.2, 0.25) is 0 Å². The Morgan fingerprint density at radius 1 is 0.508 bits per heavy atom. The minimum atomic E-state index is -0.115. The molecule has 1 heterocycles. The molecule has 0 N–H and O–H groups in total. The van der Waals surface area contributed by atoms with Crippen LogP contribution in [0.5, 0.6) is 0 Å². The van der Waals surface area contributed by atoms with E-state index in [1.54, 1.807) is 0 Å². The number of hydrogen-bond acceptors (Lipinski definition) is 2. The number of rotatable bonds is 6. The first kappa shape index (κ1) is 36.2. The molecule has 2 nitrogen and oxygen atoms in total. The maximum atomic E-state index is 6.69. The van der Waals surface area contributed by atoms with Crippen molar-refractivity contribution in [3.8, 4) is 33.4 Å². The Morgan fingerprint density at radius 3 is 1.83 bits per heavy atom. The van der Waals surface area contributed by atoms with Crippen molar-refractivity contribution in [1.29, 1.82) is 0 Å². The van der Waals surface area contributed by atoms with Crippen LogP contribution in [0.2, 0.25) is 0 Å². The van der Waals surface area contributed by atoms with Crippen LogP contribution < -0.4 is 4.90 Å². The molecule has 11 rings (SSSR count). The number of nitrogens with zero attached hydrogens (tertiary/aromatic N) is 1. The van der Waals surface area contributed by atoms with Gasteiger partial charge in [0.05, 0.1) is 5.69 Å². The van der Waals surface area contributed by atoms with Crippen LogP contribution in [0.1, 0.15) is 119 Å². The molecule has 59 heavy (non-hydrogen) atoms. The molecule has 2 heteroatoms. The van der Waals surface area contributed by atoms with Crippen molar-refractivity contribution in [3.63, 3.8) is 0 Å². The van der Waals surface area contributed by atoms with Gasteiger partial charge in [0, 0.05) is 38.5 Å². The summed E-state index contributed by atoms with van der Waals surface area (Å²) < 4.78 is 6.69. The van der Waals surface area contributed by atoms with Crippen molar-refractivity contribution in [1.82, 2.24) is 0 Å². The minimum Gasteiger partial charge on any atom is -0.456 e. The molecule has 0 radical (unpaired) electrons. The van der Waals surface area contributed by atoms with Crippen molar-refractivity contribution in [2.75, 3.05) is 4.90 Å². The van der Waals surface area contributed by atoms with Crippen LogP contribution >= 0.6 is 0 Å². The summed E-state index contributed by atoms with van der Waals surface area (Å²) in [6, 6.07) is 53.4. The Morgan fingerprint density at radius 2 is 1.12 bits per heavy atom. The number of anilines is 3. The number of fused-ring (bicyclic) bond motifs is 11. The summed E-state index contributed by atoms with van der Waals surface area (Å²) in [6.45, 7) is 13.9. The zero-order valence-electron chi connectivity index (χ0n) is 35.3. The second-order valence-corrected chi connectivity index (χ2v) is 18.8. The molecule has 292 valence electrons. The normalized spacial score (nSPS) is 15.9. The highest BCUT2D eigenvalue weighted by molar-refractivity contribution is 6.08. The zero-order chi connectivity index (χ0) is 40.2. The fraction of sp³-hybridized carbons (Fsp3) is 0.263. The van der Waals surface area contributed by atoms with Gasteiger partial charge in [-0.15, -0.1) is 0 Å². The van der Waals surface area contributed by atoms with Crippen LogP contribution in [-0.2, 0) is 10.8 Å². The summed E-state index contributed by atoms with van der Waals surface area (Å²) in [5.74, 6) is 0.792. The smallest absolute Gasteiger partial charge is 0.138 e. The first-order valence-electron chi connectivity index (χ1n) is 22.0. The number of hydrogen-bond donors (Lipinski definition) is 0. The van der Waals surface area contributed by atoms with Crippen molar-refractivity contribution >= 4 is 39.0 Å². The van der Waals surface area contributed by atoms with Gasteiger partial charge >= 0.3 is 0 Å². The monoisotopic (exact) mass is 767 g/mol. The maximum Gasteiger partial charge on any atom is 0.138 e. The van der Waals surface area contributed by atoms with E-state index >= 15 is 0 Å². The maximum absolute atomic E-state index is 6.69. The summed E-state index contributed by atoms with van der Waals surface area (Å²) in [6.07, 6.45) is 6.27. The fourth-order valence-electron chi connectivity index (χ4n) is 11.3. The molecule has 3 aliphatic carbocycles. The summed E-state index contributed by atoms with van der Waals surface area (Å²) in [5, 5.41) is 2.39. The third-order valence-electron chi connectivity index (χ3n) is 14.4. The molecule has 1 saturated carbocycles. The molecule has 1 spiro atoms. The molecule has 1 fully saturated rings. The zero-order valence-corrected chi connectivity index (χ0v) is 35.3. The Kier molecular flexibility index (Phi) is 8.19. The van der Waals surface area contributed by atoms with Crippen molar-refractivity contribution in [2.45, 2.75) is 96.3 Å². The molecule has 0 amide bonds. The van der Waals surface area contributed by atoms with E-state index in [1.807, 2.05) is 0 Å². The summed E-state index contributed by atoms with van der Waals surface area (Å²) in [4.78, 5) is 2.56. The molecule has 8 aromatic rings. The average molecular weight is 768 g/mol. The Balaban J connectivity index is 1.13. The van der Waals surface area contributed by atoms with Gasteiger partial charge in [-0.2, -0.15) is 0 Å². The van der Waals surface area contributed by atoms with Crippen molar-refractivity contribution in [3.05, 3.63) is 173 Å². The lowest BCUT2D eigenvalue weighted by Gasteiger charge is -2.37. The number of furan rings is 1. The topological polar surface area (TPSA) is 16.4 Å². The van der Waals surface area contributed by atoms with Gasteiger partial charge in [0.25, 0.3) is 0 Å². The minimum absolute atomic E-state index is 0.0595. The average Bonchev–Trinajstić information content (AvgIpc) is 3.84. The van der Waals surface area contributed by atoms with Gasteiger partial charge in [-0.3, -0.25) is 0 Å². The third kappa shape index (κ3) is 5.38. The molecule has 1 aromatic heterocycles. The van der Waals surface area contributed by atoms with Gasteiger partial charge < -0.3 is 9.32 Å². The van der Waals surface area contributed by atoms with Crippen LogP contribution in [0, 0.1) is 0 Å². The van der Waals surface area contributed by atoms with Gasteiger partial charge in [0.1, 0.15) is 11.2 Å². The highest BCUT2D eigenvalue weighted by Gasteiger charge is 2.44. The molecule has 0 bridgehead atoms. The predicted octanol–water partition coefficient (Wildman–Crippen LogP) is 16.5. The molecule has 0 unspecified atom stereocenters. The predicted molar refractivity (Wildman–Crippen MR) is 249 cm³/mol. The quantitative estimate of drug-likeness (QED) is 0.168. The van der Waals surface area contributed by atoms with E-state index in [9.17, 15) is 0 Å². The summed E-state index contributed by atoms with van der Waals surface area (Å²) in [7, 11) is 0. The van der Waals surface area contributed by atoms with Gasteiger partial charge in [-0.05, 0) is 134 Å². The van der Waals surface area contributed by atoms with Crippen LogP contribution in [0.3, 0.4) is 0 Å². The highest BCUT2D eigenvalue weighted by atomic mass is 16.3. The Bertz CT molecular complexity index is 2970. The second-order valence-electron chi connectivity index (χ2n) is 18.8. The first-order chi connectivity index (χ1) is 28.6. The van der Waals surface area contributed by atoms with Crippen LogP contribution in [0.15, 0.2) is 144 Å². The molecule has 0 aliphatic heterocycles. The van der Waals surface area contributed by atoms with E-state index < -0.39 is 0 Å². The number of benzene rings is 7. The lowest BCUT2D eigenvalue weighted by molar-refractivity contribution is 0.353. The highest BCUT2D eigenvalue weighted by Crippen LogP contribution is 2.58. The summed E-state index contributed by atoms with van der Waals surface area (Å²) >= 11 is 0. The Hall–Kier alpha value is -5.86. The van der Waals surface area contributed by atoms with Gasteiger partial charge in [0.15, 0.2) is 0 Å². The SMILES string of the molecule is CC(C)c1cc(C(C)C)c2oc3ccc(-c4ccccc4N(c4ccc5c(c4)C(C)(C)c4ccccc4-5)c4ccc5c(c4)C4(CCCCC4)c4ccccc4-5)cc3c2c1. The largest absolute Gasteiger partial charge is 0.456 e. The van der Waals surface area contributed by atoms with Crippen molar-refractivity contribution in [2.24, 2.45) is 0 Å². The molecular weight excluding hydrogens is 715 g/mol. The van der Waals surface area contributed by atoms with Crippen LogP contribution in [0.4, 0.5) is 17.1 Å². The first-order valence-corrected chi connectivity index (χ1v) is 22.0. The van der Waals surface area contributed by atoms with Crippen LogP contribution in [0.25, 0.3) is 55.3 Å². The lowest BCUT2D eigenvalue weighted by Crippen LogP contribution is -2.28. The van der Waals surface area contributed by atoms with E-state index in [-0.39, 0.29) is 10.8 Å². The van der Waals surface area contributed by atoms with E-state index in [0.29, 0.717) is 11.8 Å². The second kappa shape index (κ2) is 13.3. The van der Waals surface area contributed by atoms with Gasteiger partial charge in [-0.1, -0.05) is 152 Å². The van der Waals surface area contributed by atoms with Gasteiger partial charge in [-0.25, -0.2) is 0 Å². The third-order valence-corrected chi connectivity index (χ3v) is 14.4. The van der Waals surface area contributed by atoms with E-state index in [4.69, 9.17) is 4.42 Å². The van der Waals surface area contributed by atoms with E-state index in [0.717, 1.165) is 11.2 Å². The molecular formula is C57H53NO. The summed E-state index contributed by atoms with van der Waals surface area (Å²) in [5.41, 5.74) is 21.8. The van der Waals surface area contributed by atoms with Crippen LogP contribution in [-0.4, -0.2) is 0 Å². The lowest BCUT2D eigenvalue weighted by atomic mass is 9.68. The molecule has 3 aliphatic rings. The number of para-hydroxylation sites is 1. The molecule has 0 atom stereocenters. The fourth-order valence-corrected chi connectivity index (χ4v) is 11.3. The van der Waals surface area contributed by atoms with Crippen molar-refractivity contribution < 1.29 is 4.42 Å². The van der Waals surface area contributed by atoms with E-state index in [1.165, 1.54) is 127 Å². The molecule has 0 saturated heterocycles. The molecule has 7 aromatic carbocycles. The van der Waals surface area contributed by atoms with E-state index in [2.05, 4.69) is 186 Å². The standard InChI is InChI=1S/C57H53NO/c1-35(2)38-31-46(36(3)4)55-48(32-38)47-30-37(22-27-54(47)59-55)41-16-10-13-21-53(41)58(39-23-25-44-42-17-8-11-19-49(42)56(5,6)51(44)33-39)40-24-26-45-43-18-9-12-20-50(43)57(52(45)34-40)28-14-7-15-29-57/h8-13,16-27,30-36H,7,14-15,28-29H2,1-6H3.